The van der Waals surface area contributed by atoms with Crippen molar-refractivity contribution in [3.63, 3.8) is 0 Å². The summed E-state index contributed by atoms with van der Waals surface area (Å²) in [4.78, 5) is 19.7. The molecule has 122 valence electrons. The van der Waals surface area contributed by atoms with Gasteiger partial charge in [0.2, 0.25) is 5.91 Å². The van der Waals surface area contributed by atoms with Crippen molar-refractivity contribution >= 4 is 23.3 Å². The average Bonchev–Trinajstić information content (AvgIpc) is 3.19. The maximum atomic E-state index is 12.6. The Morgan fingerprint density at radius 2 is 2.43 bits per heavy atom. The minimum Gasteiger partial charge on any atom is -0.381 e. The van der Waals surface area contributed by atoms with E-state index in [-0.39, 0.29) is 11.8 Å². The number of carbonyl (C=O) groups excluding carboxylic acids is 1. The van der Waals surface area contributed by atoms with Gasteiger partial charge >= 0.3 is 0 Å². The first-order valence-corrected chi connectivity index (χ1v) is 8.71. The van der Waals surface area contributed by atoms with E-state index in [1.54, 1.807) is 17.4 Å². The molecule has 2 aromatic heterocycles. The van der Waals surface area contributed by atoms with Crippen molar-refractivity contribution in [3.8, 4) is 0 Å². The van der Waals surface area contributed by atoms with E-state index < -0.39 is 0 Å². The number of hydrogen-bond acceptors (Lipinski definition) is 4. The molecule has 0 saturated heterocycles. The molecular formula is C17H21N3O2S. The SMILES string of the molecule is CCOC[C@H]1CN(C(=O)/C=C/c2cccs2)Cc2cncn2C1. The van der Waals surface area contributed by atoms with Crippen molar-refractivity contribution < 1.29 is 9.53 Å². The van der Waals surface area contributed by atoms with Crippen LogP contribution in [0.25, 0.3) is 6.08 Å². The Labute approximate surface area is 140 Å². The van der Waals surface area contributed by atoms with Gasteiger partial charge in [-0.25, -0.2) is 4.98 Å². The Morgan fingerprint density at radius 1 is 1.52 bits per heavy atom. The molecule has 0 radical (unpaired) electrons. The van der Waals surface area contributed by atoms with Crippen molar-refractivity contribution in [3.05, 3.63) is 46.7 Å². The molecule has 0 spiro atoms. The number of ether oxygens (including phenoxy) is 1. The predicted octanol–water partition coefficient (Wildman–Crippen LogP) is 2.65. The number of thiophene rings is 1. The third-order valence-electron chi connectivity index (χ3n) is 3.89. The van der Waals surface area contributed by atoms with Gasteiger partial charge in [0.25, 0.3) is 0 Å². The first kappa shape index (κ1) is 16.0. The van der Waals surface area contributed by atoms with E-state index in [9.17, 15) is 4.79 Å². The number of carbonyl (C=O) groups is 1. The van der Waals surface area contributed by atoms with Gasteiger partial charge in [-0.3, -0.25) is 4.79 Å². The van der Waals surface area contributed by atoms with Gasteiger partial charge in [-0.1, -0.05) is 6.07 Å². The summed E-state index contributed by atoms with van der Waals surface area (Å²) in [5.74, 6) is 0.319. The molecule has 1 aliphatic heterocycles. The maximum absolute atomic E-state index is 12.6. The van der Waals surface area contributed by atoms with Crippen molar-refractivity contribution in [1.29, 1.82) is 0 Å². The Bertz CT molecular complexity index is 663. The lowest BCUT2D eigenvalue weighted by Gasteiger charge is -2.22. The highest BCUT2D eigenvalue weighted by Gasteiger charge is 2.24. The Hall–Kier alpha value is -1.92. The van der Waals surface area contributed by atoms with E-state index in [0.717, 1.165) is 17.1 Å². The molecule has 0 unspecified atom stereocenters. The zero-order valence-corrected chi connectivity index (χ0v) is 14.0. The second kappa shape index (κ2) is 7.57. The van der Waals surface area contributed by atoms with Gasteiger partial charge < -0.3 is 14.2 Å². The number of imidazole rings is 1. The Balaban J connectivity index is 1.73. The zero-order chi connectivity index (χ0) is 16.1. The summed E-state index contributed by atoms with van der Waals surface area (Å²) in [6.07, 6.45) is 7.22. The van der Waals surface area contributed by atoms with Gasteiger partial charge in [-0.15, -0.1) is 11.3 Å². The number of hydrogen-bond donors (Lipinski definition) is 0. The van der Waals surface area contributed by atoms with E-state index in [1.165, 1.54) is 0 Å². The van der Waals surface area contributed by atoms with Gasteiger partial charge in [-0.2, -0.15) is 0 Å². The maximum Gasteiger partial charge on any atom is 0.246 e. The fraction of sp³-hybridized carbons (Fsp3) is 0.412. The number of amides is 1. The number of rotatable bonds is 5. The van der Waals surface area contributed by atoms with Crippen LogP contribution < -0.4 is 0 Å². The van der Waals surface area contributed by atoms with Crippen LogP contribution in [-0.2, 0) is 22.6 Å². The van der Waals surface area contributed by atoms with Crippen molar-refractivity contribution in [2.45, 2.75) is 20.0 Å². The summed E-state index contributed by atoms with van der Waals surface area (Å²) >= 11 is 1.63. The van der Waals surface area contributed by atoms with Crippen LogP contribution in [0.4, 0.5) is 0 Å². The van der Waals surface area contributed by atoms with Gasteiger partial charge in [0, 0.05) is 42.8 Å². The molecule has 0 saturated carbocycles. The molecule has 3 rings (SSSR count). The number of fused-ring (bicyclic) bond motifs is 1. The van der Waals surface area contributed by atoms with Crippen LogP contribution in [0.5, 0.6) is 0 Å². The lowest BCUT2D eigenvalue weighted by molar-refractivity contribution is -0.127. The van der Waals surface area contributed by atoms with E-state index in [4.69, 9.17) is 4.74 Å². The molecule has 5 nitrogen and oxygen atoms in total. The lowest BCUT2D eigenvalue weighted by Crippen LogP contribution is -2.34. The van der Waals surface area contributed by atoms with Crippen LogP contribution >= 0.6 is 11.3 Å². The highest BCUT2D eigenvalue weighted by molar-refractivity contribution is 7.10. The third-order valence-corrected chi connectivity index (χ3v) is 4.73. The molecule has 1 amide bonds. The van der Waals surface area contributed by atoms with Crippen molar-refractivity contribution in [1.82, 2.24) is 14.5 Å². The highest BCUT2D eigenvalue weighted by Crippen LogP contribution is 2.18. The molecular weight excluding hydrogens is 310 g/mol. The van der Waals surface area contributed by atoms with Crippen molar-refractivity contribution in [2.75, 3.05) is 19.8 Å². The third kappa shape index (κ3) is 4.09. The minimum atomic E-state index is 0.0366. The van der Waals surface area contributed by atoms with Gasteiger partial charge in [0.15, 0.2) is 0 Å². The van der Waals surface area contributed by atoms with Crippen LogP contribution in [0.15, 0.2) is 36.1 Å². The molecule has 0 aliphatic carbocycles. The summed E-state index contributed by atoms with van der Waals surface area (Å²) in [6, 6.07) is 3.99. The predicted molar refractivity (Wildman–Crippen MR) is 91.0 cm³/mol. The highest BCUT2D eigenvalue weighted by atomic mass is 32.1. The molecule has 1 aliphatic rings. The second-order valence-corrected chi connectivity index (χ2v) is 6.61. The van der Waals surface area contributed by atoms with E-state index in [0.29, 0.717) is 26.3 Å². The van der Waals surface area contributed by atoms with Gasteiger partial charge in [-0.05, 0) is 24.4 Å². The van der Waals surface area contributed by atoms with E-state index in [1.807, 2.05) is 47.9 Å². The summed E-state index contributed by atoms with van der Waals surface area (Å²) in [5, 5.41) is 2.01. The van der Waals surface area contributed by atoms with Gasteiger partial charge in [0.1, 0.15) is 0 Å². The summed E-state index contributed by atoms with van der Waals surface area (Å²) in [5.41, 5.74) is 1.07. The largest absolute Gasteiger partial charge is 0.381 e. The zero-order valence-electron chi connectivity index (χ0n) is 13.2. The van der Waals surface area contributed by atoms with E-state index in [2.05, 4.69) is 9.55 Å². The number of aromatic nitrogens is 2. The minimum absolute atomic E-state index is 0.0366. The molecule has 6 heteroatoms. The monoisotopic (exact) mass is 331 g/mol. The van der Waals surface area contributed by atoms with E-state index >= 15 is 0 Å². The fourth-order valence-corrected chi connectivity index (χ4v) is 3.37. The summed E-state index contributed by atoms with van der Waals surface area (Å²) in [7, 11) is 0. The molecule has 1 atom stereocenters. The molecule has 0 fully saturated rings. The lowest BCUT2D eigenvalue weighted by atomic mass is 10.1. The molecule has 0 bridgehead atoms. The smallest absolute Gasteiger partial charge is 0.246 e. The standard InChI is InChI=1S/C17H21N3O2S/c1-2-22-12-14-9-19(11-15-8-18-13-20(15)10-14)17(21)6-5-16-4-3-7-23-16/h3-8,13-14H,2,9-12H2,1H3/b6-5+/t14-/m0/s1. The fourth-order valence-electron chi connectivity index (χ4n) is 2.75. The first-order chi connectivity index (χ1) is 11.3. The van der Waals surface area contributed by atoms with Crippen LogP contribution in [-0.4, -0.2) is 40.1 Å². The molecule has 0 aromatic carbocycles. The second-order valence-electron chi connectivity index (χ2n) is 5.63. The summed E-state index contributed by atoms with van der Waals surface area (Å²) < 4.78 is 7.70. The molecule has 23 heavy (non-hydrogen) atoms. The van der Waals surface area contributed by atoms with Crippen LogP contribution in [0.3, 0.4) is 0 Å². The van der Waals surface area contributed by atoms with Crippen LogP contribution in [0.1, 0.15) is 17.5 Å². The number of nitrogens with zero attached hydrogens (tertiary/aromatic N) is 3. The Kier molecular flexibility index (Phi) is 5.25. The molecule has 3 heterocycles. The van der Waals surface area contributed by atoms with Gasteiger partial charge in [0.05, 0.1) is 25.2 Å². The van der Waals surface area contributed by atoms with Crippen molar-refractivity contribution in [2.24, 2.45) is 5.92 Å². The van der Waals surface area contributed by atoms with Crippen LogP contribution in [0, 0.1) is 5.92 Å². The molecule has 2 aromatic rings. The molecule has 0 N–H and O–H groups in total. The Morgan fingerprint density at radius 3 is 3.22 bits per heavy atom. The normalized spacial score (nSPS) is 18.1. The first-order valence-electron chi connectivity index (χ1n) is 7.83. The quantitative estimate of drug-likeness (QED) is 0.792. The van der Waals surface area contributed by atoms with Crippen LogP contribution in [0.2, 0.25) is 0 Å². The topological polar surface area (TPSA) is 47.4 Å². The summed E-state index contributed by atoms with van der Waals surface area (Å²) in [6.45, 7) is 5.48. The average molecular weight is 331 g/mol.